The summed E-state index contributed by atoms with van der Waals surface area (Å²) >= 11 is 0. The number of hydrogen-bond donors (Lipinski definition) is 0. The Bertz CT molecular complexity index is 900. The van der Waals surface area contributed by atoms with Gasteiger partial charge in [-0.1, -0.05) is 32.0 Å². The maximum Gasteiger partial charge on any atom is 0.344 e. The molecule has 0 atom stereocenters. The van der Waals surface area contributed by atoms with Crippen molar-refractivity contribution in [1.29, 1.82) is 0 Å². The molecule has 124 valence electrons. The van der Waals surface area contributed by atoms with Crippen LogP contribution in [0.2, 0.25) is 0 Å². The van der Waals surface area contributed by atoms with Crippen LogP contribution in [0.4, 0.5) is 0 Å². The van der Waals surface area contributed by atoms with Crippen LogP contribution in [0.25, 0.3) is 22.1 Å². The molecule has 0 fully saturated rings. The second-order valence-electron chi connectivity index (χ2n) is 5.74. The van der Waals surface area contributed by atoms with Crippen LogP contribution >= 0.6 is 0 Å². The Hall–Kier alpha value is -2.55. The van der Waals surface area contributed by atoms with Gasteiger partial charge in [0.25, 0.3) is 0 Å². The summed E-state index contributed by atoms with van der Waals surface area (Å²) in [6.45, 7) is 6.77. The fourth-order valence-electron chi connectivity index (χ4n) is 3.12. The van der Waals surface area contributed by atoms with Crippen molar-refractivity contribution in [1.82, 2.24) is 0 Å². The predicted octanol–water partition coefficient (Wildman–Crippen LogP) is 4.98. The number of rotatable bonds is 5. The molecule has 0 bridgehead atoms. The first-order valence-corrected chi connectivity index (χ1v) is 8.49. The highest BCUT2D eigenvalue weighted by Gasteiger charge is 2.15. The SMILES string of the molecule is CCOc1ccc2oc(=O)c(-c3c(CC)cccc3CC)cc2c1. The van der Waals surface area contributed by atoms with Crippen molar-refractivity contribution in [2.45, 2.75) is 33.6 Å². The van der Waals surface area contributed by atoms with Gasteiger partial charge in [0, 0.05) is 5.39 Å². The quantitative estimate of drug-likeness (QED) is 0.622. The van der Waals surface area contributed by atoms with Gasteiger partial charge in [-0.05, 0) is 60.7 Å². The van der Waals surface area contributed by atoms with E-state index >= 15 is 0 Å². The van der Waals surface area contributed by atoms with Crippen molar-refractivity contribution in [3.05, 3.63) is 64.0 Å². The molecule has 0 N–H and O–H groups in total. The lowest BCUT2D eigenvalue weighted by atomic mass is 9.92. The summed E-state index contributed by atoms with van der Waals surface area (Å²) in [6, 6.07) is 13.7. The molecule has 0 radical (unpaired) electrons. The van der Waals surface area contributed by atoms with Gasteiger partial charge in [0.2, 0.25) is 0 Å². The summed E-state index contributed by atoms with van der Waals surface area (Å²) < 4.78 is 11.1. The standard InChI is InChI=1S/C21H22O3/c1-4-14-8-7-9-15(5-2)20(14)18-13-16-12-17(23-6-3)10-11-19(16)24-21(18)22/h7-13H,4-6H2,1-3H3. The molecule has 0 unspecified atom stereocenters. The molecule has 0 spiro atoms. The van der Waals surface area contributed by atoms with Gasteiger partial charge in [-0.15, -0.1) is 0 Å². The van der Waals surface area contributed by atoms with Gasteiger partial charge in [0.05, 0.1) is 12.2 Å². The van der Waals surface area contributed by atoms with E-state index in [-0.39, 0.29) is 5.63 Å². The molecule has 3 heteroatoms. The number of hydrogen-bond acceptors (Lipinski definition) is 3. The first kappa shape index (κ1) is 16.3. The summed E-state index contributed by atoms with van der Waals surface area (Å²) in [7, 11) is 0. The van der Waals surface area contributed by atoms with Gasteiger partial charge in [-0.25, -0.2) is 4.79 Å². The highest BCUT2D eigenvalue weighted by atomic mass is 16.5. The van der Waals surface area contributed by atoms with E-state index in [1.54, 1.807) is 6.07 Å². The molecule has 2 aromatic carbocycles. The highest BCUT2D eigenvalue weighted by Crippen LogP contribution is 2.30. The molecule has 1 heterocycles. The van der Waals surface area contributed by atoms with Gasteiger partial charge in [-0.3, -0.25) is 0 Å². The van der Waals surface area contributed by atoms with Crippen LogP contribution in [0.1, 0.15) is 31.9 Å². The van der Waals surface area contributed by atoms with Crippen molar-refractivity contribution >= 4 is 11.0 Å². The lowest BCUT2D eigenvalue weighted by Gasteiger charge is -2.13. The van der Waals surface area contributed by atoms with Crippen LogP contribution in [0.15, 0.2) is 51.7 Å². The second kappa shape index (κ2) is 6.91. The van der Waals surface area contributed by atoms with Crippen molar-refractivity contribution in [3.8, 4) is 16.9 Å². The van der Waals surface area contributed by atoms with Gasteiger partial charge in [0.1, 0.15) is 11.3 Å². The second-order valence-corrected chi connectivity index (χ2v) is 5.74. The molecule has 0 aliphatic carbocycles. The van der Waals surface area contributed by atoms with E-state index < -0.39 is 0 Å². The Morgan fingerprint density at radius 1 is 0.958 bits per heavy atom. The molecule has 1 aromatic heterocycles. The summed E-state index contributed by atoms with van der Waals surface area (Å²) in [5, 5.41) is 0.878. The van der Waals surface area contributed by atoms with Gasteiger partial charge >= 0.3 is 5.63 Å². The molecule has 0 aliphatic rings. The molecule has 3 rings (SSSR count). The van der Waals surface area contributed by atoms with Crippen LogP contribution in [0.3, 0.4) is 0 Å². The lowest BCUT2D eigenvalue weighted by Crippen LogP contribution is -2.06. The van der Waals surface area contributed by atoms with Crippen LogP contribution in [-0.2, 0) is 12.8 Å². The minimum Gasteiger partial charge on any atom is -0.494 e. The van der Waals surface area contributed by atoms with Crippen LogP contribution in [0, 0.1) is 0 Å². The van der Waals surface area contributed by atoms with Crippen molar-refractivity contribution < 1.29 is 9.15 Å². The minimum atomic E-state index is -0.290. The molecule has 0 saturated carbocycles. The Labute approximate surface area is 141 Å². The average Bonchev–Trinajstić information content (AvgIpc) is 2.61. The molecule has 3 nitrogen and oxygen atoms in total. The summed E-state index contributed by atoms with van der Waals surface area (Å²) in [6.07, 6.45) is 1.75. The Morgan fingerprint density at radius 3 is 2.29 bits per heavy atom. The third kappa shape index (κ3) is 2.94. The number of benzene rings is 2. The molecule has 3 aromatic rings. The van der Waals surface area contributed by atoms with E-state index in [0.29, 0.717) is 17.8 Å². The van der Waals surface area contributed by atoms with Crippen molar-refractivity contribution in [3.63, 3.8) is 0 Å². The monoisotopic (exact) mass is 322 g/mol. The zero-order valence-corrected chi connectivity index (χ0v) is 14.4. The number of aryl methyl sites for hydroxylation is 2. The van der Waals surface area contributed by atoms with Gasteiger partial charge in [0.15, 0.2) is 0 Å². The molecule has 0 amide bonds. The van der Waals surface area contributed by atoms with Crippen LogP contribution in [0.5, 0.6) is 5.75 Å². The molecule has 24 heavy (non-hydrogen) atoms. The zero-order valence-electron chi connectivity index (χ0n) is 14.4. The van der Waals surface area contributed by atoms with Crippen molar-refractivity contribution in [2.24, 2.45) is 0 Å². The molecule has 0 saturated heterocycles. The molecular formula is C21H22O3. The Kier molecular flexibility index (Phi) is 4.70. The third-order valence-corrected chi connectivity index (χ3v) is 4.28. The highest BCUT2D eigenvalue weighted by molar-refractivity contribution is 5.84. The third-order valence-electron chi connectivity index (χ3n) is 4.28. The normalized spacial score (nSPS) is 11.0. The lowest BCUT2D eigenvalue weighted by molar-refractivity contribution is 0.340. The van der Waals surface area contributed by atoms with E-state index in [4.69, 9.17) is 9.15 Å². The fourth-order valence-corrected chi connectivity index (χ4v) is 3.12. The smallest absolute Gasteiger partial charge is 0.344 e. The topological polar surface area (TPSA) is 39.4 Å². The number of ether oxygens (including phenoxy) is 1. The van der Waals surface area contributed by atoms with Gasteiger partial charge in [-0.2, -0.15) is 0 Å². The van der Waals surface area contributed by atoms with Crippen LogP contribution < -0.4 is 10.4 Å². The Balaban J connectivity index is 2.26. The molecule has 0 aliphatic heterocycles. The van der Waals surface area contributed by atoms with E-state index in [1.807, 2.05) is 25.1 Å². The largest absolute Gasteiger partial charge is 0.494 e. The fraction of sp³-hybridized carbons (Fsp3) is 0.286. The van der Waals surface area contributed by atoms with E-state index in [0.717, 1.165) is 29.5 Å². The zero-order chi connectivity index (χ0) is 17.1. The van der Waals surface area contributed by atoms with Crippen molar-refractivity contribution in [2.75, 3.05) is 6.61 Å². The number of fused-ring (bicyclic) bond motifs is 1. The first-order chi connectivity index (χ1) is 11.7. The first-order valence-electron chi connectivity index (χ1n) is 8.49. The summed E-state index contributed by atoms with van der Waals surface area (Å²) in [5.74, 6) is 0.782. The summed E-state index contributed by atoms with van der Waals surface area (Å²) in [5.41, 5.74) is 4.27. The maximum atomic E-state index is 12.6. The van der Waals surface area contributed by atoms with E-state index in [9.17, 15) is 4.79 Å². The minimum absolute atomic E-state index is 0.290. The van der Waals surface area contributed by atoms with E-state index in [1.165, 1.54) is 11.1 Å². The maximum absolute atomic E-state index is 12.6. The van der Waals surface area contributed by atoms with E-state index in [2.05, 4.69) is 32.0 Å². The average molecular weight is 322 g/mol. The van der Waals surface area contributed by atoms with Gasteiger partial charge < -0.3 is 9.15 Å². The Morgan fingerprint density at radius 2 is 1.67 bits per heavy atom. The molecular weight excluding hydrogens is 300 g/mol. The van der Waals surface area contributed by atoms with Crippen LogP contribution in [-0.4, -0.2) is 6.61 Å². The summed E-state index contributed by atoms with van der Waals surface area (Å²) in [4.78, 5) is 12.6. The predicted molar refractivity (Wildman–Crippen MR) is 97.8 cm³/mol.